The Hall–Kier alpha value is -2.37. The number of aryl methyl sites for hydroxylation is 1. The number of anilines is 1. The van der Waals surface area contributed by atoms with Gasteiger partial charge in [0.15, 0.2) is 5.96 Å². The number of rotatable bonds is 4. The molecule has 1 fully saturated rings. The van der Waals surface area contributed by atoms with E-state index in [9.17, 15) is 0 Å². The van der Waals surface area contributed by atoms with E-state index >= 15 is 0 Å². The first-order valence-electron chi connectivity index (χ1n) is 9.72. The molecule has 2 heterocycles. The fourth-order valence-corrected chi connectivity index (χ4v) is 4.62. The maximum Gasteiger partial charge on any atom is 0.198 e. The third kappa shape index (κ3) is 2.87. The zero-order valence-corrected chi connectivity index (χ0v) is 15.8. The average molecular weight is 352 g/mol. The van der Waals surface area contributed by atoms with Crippen molar-refractivity contribution in [1.29, 1.82) is 0 Å². The summed E-state index contributed by atoms with van der Waals surface area (Å²) in [5, 5.41) is 11.7. The summed E-state index contributed by atoms with van der Waals surface area (Å²) in [7, 11) is 1.88. The van der Waals surface area contributed by atoms with Crippen molar-refractivity contribution in [2.75, 3.05) is 25.0 Å². The molecular weight excluding hydrogens is 324 g/mol. The summed E-state index contributed by atoms with van der Waals surface area (Å²) in [5.74, 6) is 1.99. The van der Waals surface area contributed by atoms with Crippen LogP contribution in [0.15, 0.2) is 35.6 Å². The van der Waals surface area contributed by atoms with Crippen molar-refractivity contribution in [2.24, 2.45) is 4.99 Å². The maximum absolute atomic E-state index is 4.58. The quantitative estimate of drug-likeness (QED) is 0.679. The van der Waals surface area contributed by atoms with Gasteiger partial charge in [0, 0.05) is 44.2 Å². The topological polar surface area (TPSA) is 58.3 Å². The largest absolute Gasteiger partial charge is 0.354 e. The summed E-state index contributed by atoms with van der Waals surface area (Å²) in [6.45, 7) is 4.80. The lowest BCUT2D eigenvalue weighted by atomic mass is 9.81. The van der Waals surface area contributed by atoms with Crippen LogP contribution in [-0.4, -0.2) is 40.9 Å². The average Bonchev–Trinajstić information content (AvgIpc) is 3.40. The molecule has 4 rings (SSSR count). The number of benzene rings is 1. The standard InChI is InChI=1S/C20H28N6/c1-3-18-24-23-15-25(18)13-12-22-19(21-2)26-14-20(10-6-7-11-20)16-8-4-5-9-17(16)26/h4-5,8-9,15H,3,6-7,10-14H2,1-2H3,(H,21,22). The van der Waals surface area contributed by atoms with Gasteiger partial charge in [-0.25, -0.2) is 0 Å². The number of aromatic nitrogens is 3. The number of nitrogens with zero attached hydrogens (tertiary/aromatic N) is 5. The highest BCUT2D eigenvalue weighted by Crippen LogP contribution is 2.50. The van der Waals surface area contributed by atoms with Crippen LogP contribution in [0.3, 0.4) is 0 Å². The Labute approximate surface area is 155 Å². The van der Waals surface area contributed by atoms with Gasteiger partial charge in [0.1, 0.15) is 12.2 Å². The molecule has 1 spiro atoms. The minimum Gasteiger partial charge on any atom is -0.354 e. The highest BCUT2D eigenvalue weighted by molar-refractivity contribution is 5.98. The van der Waals surface area contributed by atoms with Crippen molar-refractivity contribution in [3.63, 3.8) is 0 Å². The zero-order valence-electron chi connectivity index (χ0n) is 15.8. The third-order valence-corrected chi connectivity index (χ3v) is 5.90. The molecule has 138 valence electrons. The molecule has 2 aromatic rings. The molecule has 0 radical (unpaired) electrons. The van der Waals surface area contributed by atoms with Gasteiger partial charge in [0.2, 0.25) is 0 Å². The second-order valence-electron chi connectivity index (χ2n) is 7.36. The summed E-state index contributed by atoms with van der Waals surface area (Å²) >= 11 is 0. The number of hydrogen-bond donors (Lipinski definition) is 1. The first-order valence-corrected chi connectivity index (χ1v) is 9.72. The van der Waals surface area contributed by atoms with Gasteiger partial charge >= 0.3 is 0 Å². The van der Waals surface area contributed by atoms with Gasteiger partial charge in [-0.05, 0) is 24.5 Å². The third-order valence-electron chi connectivity index (χ3n) is 5.90. The van der Waals surface area contributed by atoms with Crippen molar-refractivity contribution >= 4 is 11.6 Å². The lowest BCUT2D eigenvalue weighted by Gasteiger charge is -2.26. The molecule has 1 aromatic heterocycles. The Kier molecular flexibility index (Phi) is 4.66. The van der Waals surface area contributed by atoms with Crippen LogP contribution in [0.2, 0.25) is 0 Å². The van der Waals surface area contributed by atoms with Gasteiger partial charge in [-0.15, -0.1) is 10.2 Å². The van der Waals surface area contributed by atoms with Gasteiger partial charge in [-0.2, -0.15) is 0 Å². The highest BCUT2D eigenvalue weighted by atomic mass is 15.3. The summed E-state index contributed by atoms with van der Waals surface area (Å²) < 4.78 is 2.11. The minimum absolute atomic E-state index is 0.317. The molecule has 0 unspecified atom stereocenters. The van der Waals surface area contributed by atoms with Gasteiger partial charge in [0.25, 0.3) is 0 Å². The summed E-state index contributed by atoms with van der Waals surface area (Å²) in [4.78, 5) is 6.96. The predicted octanol–water partition coefficient (Wildman–Crippen LogP) is 2.75. The lowest BCUT2D eigenvalue weighted by Crippen LogP contribution is -2.44. The van der Waals surface area contributed by atoms with Crippen molar-refractivity contribution in [2.45, 2.75) is 51.0 Å². The van der Waals surface area contributed by atoms with Gasteiger partial charge in [-0.1, -0.05) is 38.0 Å². The molecule has 1 N–H and O–H groups in total. The first kappa shape index (κ1) is 17.1. The molecule has 1 saturated carbocycles. The predicted molar refractivity (Wildman–Crippen MR) is 105 cm³/mol. The van der Waals surface area contributed by atoms with Crippen molar-refractivity contribution in [3.05, 3.63) is 42.0 Å². The first-order chi connectivity index (χ1) is 12.8. The molecule has 2 aliphatic rings. The van der Waals surface area contributed by atoms with Gasteiger partial charge in [0.05, 0.1) is 0 Å². The fraction of sp³-hybridized carbons (Fsp3) is 0.550. The Morgan fingerprint density at radius 1 is 1.27 bits per heavy atom. The Morgan fingerprint density at radius 3 is 2.85 bits per heavy atom. The Balaban J connectivity index is 1.49. The highest BCUT2D eigenvalue weighted by Gasteiger charge is 2.45. The fourth-order valence-electron chi connectivity index (χ4n) is 4.62. The molecule has 1 aliphatic heterocycles. The summed E-state index contributed by atoms with van der Waals surface area (Å²) in [6, 6.07) is 8.87. The minimum atomic E-state index is 0.317. The molecule has 0 bridgehead atoms. The van der Waals surface area contributed by atoms with Crippen molar-refractivity contribution in [1.82, 2.24) is 20.1 Å². The smallest absolute Gasteiger partial charge is 0.198 e. The van der Waals surface area contributed by atoms with Crippen LogP contribution < -0.4 is 10.2 Å². The van der Waals surface area contributed by atoms with E-state index in [2.05, 4.69) is 61.2 Å². The molecule has 0 amide bonds. The number of nitrogens with one attached hydrogen (secondary N) is 1. The second kappa shape index (κ2) is 7.09. The van der Waals surface area contributed by atoms with Crippen LogP contribution in [-0.2, 0) is 18.4 Å². The van der Waals surface area contributed by atoms with E-state index in [0.29, 0.717) is 5.41 Å². The normalized spacial score (nSPS) is 18.5. The number of hydrogen-bond acceptors (Lipinski definition) is 3. The molecule has 6 heteroatoms. The SMILES string of the molecule is CCc1nncn1CCNC(=NC)N1CC2(CCCC2)c2ccccc21. The van der Waals surface area contributed by atoms with Crippen molar-refractivity contribution < 1.29 is 0 Å². The van der Waals surface area contributed by atoms with E-state index in [1.165, 1.54) is 36.9 Å². The summed E-state index contributed by atoms with van der Waals surface area (Å²) in [5.41, 5.74) is 3.14. The van der Waals surface area contributed by atoms with Crippen LogP contribution in [0.25, 0.3) is 0 Å². The lowest BCUT2D eigenvalue weighted by molar-refractivity contribution is 0.478. The van der Waals surface area contributed by atoms with E-state index in [1.807, 2.05) is 13.4 Å². The van der Waals surface area contributed by atoms with Crippen LogP contribution in [0.1, 0.15) is 44.0 Å². The molecule has 0 atom stereocenters. The Bertz CT molecular complexity index is 787. The second-order valence-corrected chi connectivity index (χ2v) is 7.36. The number of aliphatic imine (C=N–C) groups is 1. The maximum atomic E-state index is 4.58. The van der Waals surface area contributed by atoms with Gasteiger partial charge < -0.3 is 14.8 Å². The molecule has 1 aliphatic carbocycles. The number of fused-ring (bicyclic) bond motifs is 2. The van der Waals surface area contributed by atoms with Crippen LogP contribution in [0.4, 0.5) is 5.69 Å². The van der Waals surface area contributed by atoms with E-state index in [0.717, 1.165) is 37.8 Å². The summed E-state index contributed by atoms with van der Waals surface area (Å²) in [6.07, 6.45) is 7.96. The number of guanidine groups is 1. The molecule has 0 saturated heterocycles. The number of para-hydroxylation sites is 1. The van der Waals surface area contributed by atoms with E-state index in [-0.39, 0.29) is 0 Å². The molecular formula is C20H28N6. The van der Waals surface area contributed by atoms with Crippen LogP contribution in [0, 0.1) is 0 Å². The molecule has 6 nitrogen and oxygen atoms in total. The van der Waals surface area contributed by atoms with E-state index in [4.69, 9.17) is 0 Å². The molecule has 1 aromatic carbocycles. The van der Waals surface area contributed by atoms with E-state index in [1.54, 1.807) is 0 Å². The van der Waals surface area contributed by atoms with Gasteiger partial charge in [-0.3, -0.25) is 4.99 Å². The van der Waals surface area contributed by atoms with Crippen LogP contribution >= 0.6 is 0 Å². The zero-order chi connectivity index (χ0) is 18.0. The van der Waals surface area contributed by atoms with E-state index < -0.39 is 0 Å². The van der Waals surface area contributed by atoms with Crippen LogP contribution in [0.5, 0.6) is 0 Å². The Morgan fingerprint density at radius 2 is 2.08 bits per heavy atom. The monoisotopic (exact) mass is 352 g/mol. The molecule has 26 heavy (non-hydrogen) atoms. The van der Waals surface area contributed by atoms with Crippen molar-refractivity contribution in [3.8, 4) is 0 Å².